The summed E-state index contributed by atoms with van der Waals surface area (Å²) in [6.07, 6.45) is 1.88. The molecule has 0 spiro atoms. The smallest absolute Gasteiger partial charge is 0.275 e. The van der Waals surface area contributed by atoms with Crippen LogP contribution in [0.4, 0.5) is 0 Å². The van der Waals surface area contributed by atoms with Crippen molar-refractivity contribution in [2.24, 2.45) is 4.99 Å². The molecule has 0 atom stereocenters. The number of amidine groups is 1. The monoisotopic (exact) mass is 304 g/mol. The molecule has 0 aromatic heterocycles. The van der Waals surface area contributed by atoms with Gasteiger partial charge in [0.25, 0.3) is 5.91 Å². The van der Waals surface area contributed by atoms with E-state index in [0.29, 0.717) is 11.5 Å². The lowest BCUT2D eigenvalue weighted by Crippen LogP contribution is -2.25. The topological polar surface area (TPSA) is 41.5 Å². The number of hydrogen-bond donors (Lipinski definition) is 1. The lowest BCUT2D eigenvalue weighted by Gasteiger charge is -2.07. The van der Waals surface area contributed by atoms with E-state index in [0.717, 1.165) is 27.8 Å². The number of amides is 1. The largest absolute Gasteiger partial charge is 0.305 e. The summed E-state index contributed by atoms with van der Waals surface area (Å²) in [4.78, 5) is 16.8. The maximum atomic E-state index is 12.3. The number of hydrogen-bond acceptors (Lipinski definition) is 2. The quantitative estimate of drug-likeness (QED) is 0.842. The van der Waals surface area contributed by atoms with Crippen LogP contribution in [0.25, 0.3) is 6.08 Å². The molecule has 2 aromatic rings. The van der Waals surface area contributed by atoms with Gasteiger partial charge in [-0.2, -0.15) is 0 Å². The van der Waals surface area contributed by atoms with Gasteiger partial charge >= 0.3 is 0 Å². The highest BCUT2D eigenvalue weighted by Gasteiger charge is 2.22. The Morgan fingerprint density at radius 3 is 2.26 bits per heavy atom. The summed E-state index contributed by atoms with van der Waals surface area (Å²) in [7, 11) is 0. The highest BCUT2D eigenvalue weighted by atomic mass is 16.2. The van der Waals surface area contributed by atoms with Crippen molar-refractivity contribution in [3.8, 4) is 0 Å². The van der Waals surface area contributed by atoms with Crippen molar-refractivity contribution >= 4 is 17.8 Å². The van der Waals surface area contributed by atoms with Crippen molar-refractivity contribution in [1.82, 2.24) is 5.32 Å². The van der Waals surface area contributed by atoms with E-state index in [1.165, 1.54) is 5.56 Å². The van der Waals surface area contributed by atoms with Crippen LogP contribution >= 0.6 is 0 Å². The van der Waals surface area contributed by atoms with E-state index in [4.69, 9.17) is 0 Å². The average molecular weight is 304 g/mol. The number of aliphatic imine (C=N–C) groups is 1. The van der Waals surface area contributed by atoms with Crippen LogP contribution < -0.4 is 5.32 Å². The van der Waals surface area contributed by atoms with Crippen LogP contribution in [0.3, 0.4) is 0 Å². The molecule has 1 aliphatic rings. The van der Waals surface area contributed by atoms with Crippen LogP contribution in [0, 0.1) is 27.7 Å². The Balaban J connectivity index is 2.04. The van der Waals surface area contributed by atoms with Crippen LogP contribution in [-0.4, -0.2) is 11.7 Å². The third kappa shape index (κ3) is 2.95. The minimum atomic E-state index is -0.150. The van der Waals surface area contributed by atoms with E-state index in [9.17, 15) is 4.79 Å². The predicted molar refractivity (Wildman–Crippen MR) is 94.5 cm³/mol. The molecule has 3 nitrogen and oxygen atoms in total. The van der Waals surface area contributed by atoms with E-state index in [1.54, 1.807) is 0 Å². The molecule has 0 aliphatic carbocycles. The average Bonchev–Trinajstić information content (AvgIpc) is 2.84. The standard InChI is InChI=1S/C20H20N2O/c1-12-9-14(3)17(15(4)10-12)11-18-20(23)22-19(21-18)16-8-6-5-7-13(16)2/h5-11H,1-4H3,(H,21,22,23)/b18-11-. The summed E-state index contributed by atoms with van der Waals surface area (Å²) < 4.78 is 0. The fraction of sp³-hybridized carbons (Fsp3) is 0.200. The summed E-state index contributed by atoms with van der Waals surface area (Å²) in [5.41, 5.74) is 7.11. The molecule has 1 aliphatic heterocycles. The van der Waals surface area contributed by atoms with Gasteiger partial charge < -0.3 is 5.32 Å². The van der Waals surface area contributed by atoms with Crippen molar-refractivity contribution in [1.29, 1.82) is 0 Å². The second kappa shape index (κ2) is 5.84. The molecule has 1 amide bonds. The summed E-state index contributed by atoms with van der Waals surface area (Å²) in [6, 6.07) is 12.2. The van der Waals surface area contributed by atoms with Crippen molar-refractivity contribution < 1.29 is 4.79 Å². The molecule has 0 bridgehead atoms. The lowest BCUT2D eigenvalue weighted by molar-refractivity contribution is -0.115. The fourth-order valence-electron chi connectivity index (χ4n) is 2.99. The van der Waals surface area contributed by atoms with Gasteiger partial charge in [-0.1, -0.05) is 42.0 Å². The first-order chi connectivity index (χ1) is 11.0. The molecular weight excluding hydrogens is 284 g/mol. The van der Waals surface area contributed by atoms with Crippen molar-refractivity contribution in [2.75, 3.05) is 0 Å². The van der Waals surface area contributed by atoms with E-state index >= 15 is 0 Å². The summed E-state index contributed by atoms with van der Waals surface area (Å²) in [5.74, 6) is 0.476. The number of nitrogens with zero attached hydrogens (tertiary/aromatic N) is 1. The molecule has 2 aromatic carbocycles. The zero-order valence-corrected chi connectivity index (χ0v) is 13.9. The van der Waals surface area contributed by atoms with Gasteiger partial charge in [0.2, 0.25) is 0 Å². The Kier molecular flexibility index (Phi) is 3.87. The minimum absolute atomic E-state index is 0.150. The summed E-state index contributed by atoms with van der Waals surface area (Å²) in [6.45, 7) is 8.21. The minimum Gasteiger partial charge on any atom is -0.305 e. The molecule has 0 unspecified atom stereocenters. The van der Waals surface area contributed by atoms with Gasteiger partial charge in [0, 0.05) is 5.56 Å². The molecule has 0 fully saturated rings. The van der Waals surface area contributed by atoms with Crippen LogP contribution in [0.2, 0.25) is 0 Å². The maximum absolute atomic E-state index is 12.3. The van der Waals surface area contributed by atoms with Crippen molar-refractivity contribution in [3.05, 3.63) is 75.5 Å². The molecule has 1 N–H and O–H groups in total. The number of benzene rings is 2. The SMILES string of the molecule is Cc1cc(C)c(/C=C2\N=C(c3ccccc3C)NC2=O)c(C)c1. The van der Waals surface area contributed by atoms with Crippen LogP contribution in [-0.2, 0) is 4.79 Å². The Morgan fingerprint density at radius 1 is 0.957 bits per heavy atom. The first-order valence-electron chi connectivity index (χ1n) is 7.71. The summed E-state index contributed by atoms with van der Waals surface area (Å²) in [5, 5.41) is 2.87. The van der Waals surface area contributed by atoms with Gasteiger partial charge in [0.1, 0.15) is 11.5 Å². The van der Waals surface area contributed by atoms with Crippen molar-refractivity contribution in [2.45, 2.75) is 27.7 Å². The molecule has 3 rings (SSSR count). The Bertz CT molecular complexity index is 837. The first kappa shape index (κ1) is 15.2. The van der Waals surface area contributed by atoms with Crippen LogP contribution in [0.15, 0.2) is 47.1 Å². The number of nitrogens with one attached hydrogen (secondary N) is 1. The Morgan fingerprint density at radius 2 is 1.61 bits per heavy atom. The van der Waals surface area contributed by atoms with Gasteiger partial charge in [0.15, 0.2) is 0 Å². The van der Waals surface area contributed by atoms with Gasteiger partial charge in [-0.25, -0.2) is 4.99 Å². The second-order valence-corrected chi connectivity index (χ2v) is 6.07. The van der Waals surface area contributed by atoms with E-state index in [2.05, 4.69) is 43.2 Å². The third-order valence-electron chi connectivity index (χ3n) is 4.12. The third-order valence-corrected chi connectivity index (χ3v) is 4.12. The molecule has 23 heavy (non-hydrogen) atoms. The van der Waals surface area contributed by atoms with E-state index < -0.39 is 0 Å². The molecule has 3 heteroatoms. The van der Waals surface area contributed by atoms with E-state index in [-0.39, 0.29) is 5.91 Å². The fourth-order valence-corrected chi connectivity index (χ4v) is 2.99. The predicted octanol–water partition coefficient (Wildman–Crippen LogP) is 3.84. The number of rotatable bonds is 2. The number of carbonyl (C=O) groups is 1. The molecule has 1 heterocycles. The first-order valence-corrected chi connectivity index (χ1v) is 7.71. The molecule has 0 radical (unpaired) electrons. The van der Waals surface area contributed by atoms with E-state index in [1.807, 2.05) is 37.3 Å². The lowest BCUT2D eigenvalue weighted by atomic mass is 9.99. The Hall–Kier alpha value is -2.68. The Labute approximate surface area is 136 Å². The normalized spacial score (nSPS) is 15.7. The van der Waals surface area contributed by atoms with Gasteiger partial charge in [-0.15, -0.1) is 0 Å². The van der Waals surface area contributed by atoms with Gasteiger partial charge in [-0.3, -0.25) is 4.79 Å². The van der Waals surface area contributed by atoms with Crippen LogP contribution in [0.5, 0.6) is 0 Å². The molecule has 0 saturated carbocycles. The molecular formula is C20H20N2O. The highest BCUT2D eigenvalue weighted by Crippen LogP contribution is 2.22. The zero-order valence-electron chi connectivity index (χ0n) is 13.9. The highest BCUT2D eigenvalue weighted by molar-refractivity contribution is 6.20. The van der Waals surface area contributed by atoms with Crippen LogP contribution in [0.1, 0.15) is 33.4 Å². The summed E-state index contributed by atoms with van der Waals surface area (Å²) >= 11 is 0. The van der Waals surface area contributed by atoms with Gasteiger partial charge in [-0.05, 0) is 56.0 Å². The zero-order chi connectivity index (χ0) is 16.6. The second-order valence-electron chi connectivity index (χ2n) is 6.07. The number of carbonyl (C=O) groups excluding carboxylic acids is 1. The maximum Gasteiger partial charge on any atom is 0.275 e. The molecule has 116 valence electrons. The number of aryl methyl sites for hydroxylation is 4. The van der Waals surface area contributed by atoms with Gasteiger partial charge in [0.05, 0.1) is 0 Å². The van der Waals surface area contributed by atoms with Crippen molar-refractivity contribution in [3.63, 3.8) is 0 Å². The molecule has 0 saturated heterocycles.